The molecule has 1 amide bonds. The Morgan fingerprint density at radius 1 is 1.27 bits per heavy atom. The van der Waals surface area contributed by atoms with Crippen molar-refractivity contribution in [3.63, 3.8) is 0 Å². The second-order valence-electron chi connectivity index (χ2n) is 3.32. The maximum absolute atomic E-state index is 11.3. The van der Waals surface area contributed by atoms with E-state index in [0.717, 1.165) is 0 Å². The molecule has 0 bridgehead atoms. The minimum atomic E-state index is -0.602. The van der Waals surface area contributed by atoms with Gasteiger partial charge in [0.15, 0.2) is 0 Å². The van der Waals surface area contributed by atoms with Gasteiger partial charge in [-0.3, -0.25) is 4.79 Å². The Kier molecular flexibility index (Phi) is 8.21. The monoisotopic (exact) mass is 219 g/mol. The number of carbonyl (C=O) groups excluding carboxylic acids is 1. The summed E-state index contributed by atoms with van der Waals surface area (Å²) in [6.45, 7) is 2.13. The quantitative estimate of drug-likeness (QED) is 0.479. The summed E-state index contributed by atoms with van der Waals surface area (Å²) in [6.07, 6.45) is 0. The predicted molar refractivity (Wildman–Crippen MR) is 57.4 cm³/mol. The minimum absolute atomic E-state index is 0.141. The largest absolute Gasteiger partial charge is 0.378 e. The van der Waals surface area contributed by atoms with Crippen molar-refractivity contribution < 1.29 is 14.3 Å². The van der Waals surface area contributed by atoms with E-state index in [4.69, 9.17) is 20.9 Å². The molecule has 1 atom stereocenters. The number of hydrogen-bond donors (Lipinski definition) is 2. The van der Waals surface area contributed by atoms with Gasteiger partial charge >= 0.3 is 0 Å². The van der Waals surface area contributed by atoms with E-state index in [0.29, 0.717) is 26.4 Å². The molecule has 0 aromatic carbocycles. The molecule has 0 radical (unpaired) electrons. The van der Waals surface area contributed by atoms with E-state index < -0.39 is 6.04 Å². The molecule has 1 unspecified atom stereocenters. The zero-order valence-corrected chi connectivity index (χ0v) is 9.44. The number of hydrogen-bond acceptors (Lipinski definition) is 5. The molecule has 6 nitrogen and oxygen atoms in total. The number of ether oxygens (including phenoxy) is 2. The molecule has 0 fully saturated rings. The van der Waals surface area contributed by atoms with Crippen LogP contribution in [0.2, 0.25) is 0 Å². The van der Waals surface area contributed by atoms with Crippen LogP contribution in [0.5, 0.6) is 0 Å². The lowest BCUT2D eigenvalue weighted by atomic mass is 10.3. The van der Waals surface area contributed by atoms with Crippen LogP contribution >= 0.6 is 0 Å². The molecule has 0 heterocycles. The van der Waals surface area contributed by atoms with E-state index in [-0.39, 0.29) is 12.5 Å². The number of rotatable bonds is 8. The van der Waals surface area contributed by atoms with Crippen LogP contribution in [0.1, 0.15) is 0 Å². The molecule has 0 saturated heterocycles. The molecule has 4 N–H and O–H groups in total. The number of amides is 1. The first-order valence-electron chi connectivity index (χ1n) is 4.92. The third-order valence-corrected chi connectivity index (χ3v) is 1.69. The molecule has 0 saturated carbocycles. The normalized spacial score (nSPS) is 12.5. The van der Waals surface area contributed by atoms with Gasteiger partial charge in [-0.25, -0.2) is 0 Å². The lowest BCUT2D eigenvalue weighted by Gasteiger charge is -2.16. The average Bonchev–Trinajstić information content (AvgIpc) is 2.21. The van der Waals surface area contributed by atoms with E-state index in [1.54, 1.807) is 14.1 Å². The maximum atomic E-state index is 11.3. The third kappa shape index (κ3) is 7.26. The Morgan fingerprint density at radius 3 is 2.40 bits per heavy atom. The van der Waals surface area contributed by atoms with Crippen molar-refractivity contribution in [2.24, 2.45) is 11.5 Å². The first-order chi connectivity index (χ1) is 7.09. The van der Waals surface area contributed by atoms with E-state index in [9.17, 15) is 4.79 Å². The minimum Gasteiger partial charge on any atom is -0.378 e. The van der Waals surface area contributed by atoms with Crippen molar-refractivity contribution in [3.05, 3.63) is 0 Å². The Labute approximate surface area is 90.5 Å². The molecule has 6 heteroatoms. The molecule has 0 aliphatic carbocycles. The lowest BCUT2D eigenvalue weighted by Crippen LogP contribution is -2.43. The zero-order valence-electron chi connectivity index (χ0n) is 9.44. The Balaban J connectivity index is 3.39. The van der Waals surface area contributed by atoms with Crippen LogP contribution in [0.15, 0.2) is 0 Å². The zero-order chi connectivity index (χ0) is 11.7. The molecule has 0 aromatic heterocycles. The van der Waals surface area contributed by atoms with Gasteiger partial charge in [-0.05, 0) is 0 Å². The molecular weight excluding hydrogens is 198 g/mol. The summed E-state index contributed by atoms with van der Waals surface area (Å²) in [7, 11) is 3.32. The highest BCUT2D eigenvalue weighted by molar-refractivity contribution is 5.81. The summed E-state index contributed by atoms with van der Waals surface area (Å²) in [5, 5.41) is 0. The first kappa shape index (κ1) is 14.3. The fourth-order valence-corrected chi connectivity index (χ4v) is 0.916. The van der Waals surface area contributed by atoms with E-state index in [1.807, 2.05) is 0 Å². The topological polar surface area (TPSA) is 90.8 Å². The second-order valence-corrected chi connectivity index (χ2v) is 3.32. The van der Waals surface area contributed by atoms with Crippen molar-refractivity contribution in [1.29, 1.82) is 0 Å². The Bertz CT molecular complexity index is 176. The van der Waals surface area contributed by atoms with Gasteiger partial charge in [0.1, 0.15) is 6.04 Å². The summed E-state index contributed by atoms with van der Waals surface area (Å²) in [5.41, 5.74) is 10.8. The maximum Gasteiger partial charge on any atom is 0.241 e. The van der Waals surface area contributed by atoms with Crippen LogP contribution in [-0.2, 0) is 14.3 Å². The second kappa shape index (κ2) is 8.60. The van der Waals surface area contributed by atoms with Crippen LogP contribution in [0.25, 0.3) is 0 Å². The highest BCUT2D eigenvalue weighted by Crippen LogP contribution is 1.88. The van der Waals surface area contributed by atoms with Crippen molar-refractivity contribution in [2.45, 2.75) is 6.04 Å². The summed E-state index contributed by atoms with van der Waals surface area (Å²) in [5.74, 6) is -0.141. The molecule has 15 heavy (non-hydrogen) atoms. The van der Waals surface area contributed by atoms with Crippen molar-refractivity contribution >= 4 is 5.91 Å². The van der Waals surface area contributed by atoms with Gasteiger partial charge < -0.3 is 25.8 Å². The molecule has 0 aromatic rings. The number of nitrogens with zero attached hydrogens (tertiary/aromatic N) is 1. The fraction of sp³-hybridized carbons (Fsp3) is 0.889. The van der Waals surface area contributed by atoms with Crippen molar-refractivity contribution in [1.82, 2.24) is 4.90 Å². The summed E-state index contributed by atoms with van der Waals surface area (Å²) < 4.78 is 10.3. The van der Waals surface area contributed by atoms with Gasteiger partial charge in [-0.1, -0.05) is 0 Å². The van der Waals surface area contributed by atoms with Gasteiger partial charge in [0.2, 0.25) is 5.91 Å². The van der Waals surface area contributed by atoms with Gasteiger partial charge in [0.05, 0.1) is 26.4 Å². The van der Waals surface area contributed by atoms with Gasteiger partial charge in [0, 0.05) is 20.6 Å². The third-order valence-electron chi connectivity index (χ3n) is 1.69. The highest BCUT2D eigenvalue weighted by Gasteiger charge is 2.14. The van der Waals surface area contributed by atoms with Crippen LogP contribution in [-0.4, -0.2) is 63.9 Å². The predicted octanol–water partition coefficient (Wildman–Crippen LogP) is -1.61. The number of likely N-dealkylation sites (N-methyl/N-ethyl adjacent to an activating group) is 1. The van der Waals surface area contributed by atoms with Gasteiger partial charge in [-0.15, -0.1) is 0 Å². The fourth-order valence-electron chi connectivity index (χ4n) is 0.916. The highest BCUT2D eigenvalue weighted by atomic mass is 16.5. The standard InChI is InChI=1S/C9H21N3O3/c1-12(2)9(13)8(11)7-15-6-5-14-4-3-10/h8H,3-7,10-11H2,1-2H3. The van der Waals surface area contributed by atoms with Gasteiger partial charge in [-0.2, -0.15) is 0 Å². The smallest absolute Gasteiger partial charge is 0.241 e. The molecule has 0 aliphatic rings. The van der Waals surface area contributed by atoms with Crippen LogP contribution in [0.3, 0.4) is 0 Å². The van der Waals surface area contributed by atoms with Crippen LogP contribution in [0, 0.1) is 0 Å². The van der Waals surface area contributed by atoms with Crippen molar-refractivity contribution in [2.75, 3.05) is 47.1 Å². The molecule has 0 aliphatic heterocycles. The van der Waals surface area contributed by atoms with E-state index in [2.05, 4.69) is 0 Å². The average molecular weight is 219 g/mol. The summed E-state index contributed by atoms with van der Waals surface area (Å²) in [4.78, 5) is 12.7. The lowest BCUT2D eigenvalue weighted by molar-refractivity contribution is -0.131. The molecule has 0 spiro atoms. The Morgan fingerprint density at radius 2 is 1.87 bits per heavy atom. The van der Waals surface area contributed by atoms with Crippen molar-refractivity contribution in [3.8, 4) is 0 Å². The Hall–Kier alpha value is -0.690. The number of carbonyl (C=O) groups is 1. The SMILES string of the molecule is CN(C)C(=O)C(N)COCCOCCN. The molecule has 90 valence electrons. The van der Waals surface area contributed by atoms with E-state index in [1.165, 1.54) is 4.90 Å². The number of nitrogens with two attached hydrogens (primary N) is 2. The van der Waals surface area contributed by atoms with Crippen LogP contribution in [0.4, 0.5) is 0 Å². The molecule has 0 rings (SSSR count). The van der Waals surface area contributed by atoms with E-state index >= 15 is 0 Å². The molecular formula is C9H21N3O3. The van der Waals surface area contributed by atoms with Crippen LogP contribution < -0.4 is 11.5 Å². The van der Waals surface area contributed by atoms with Gasteiger partial charge in [0.25, 0.3) is 0 Å². The first-order valence-corrected chi connectivity index (χ1v) is 4.92. The summed E-state index contributed by atoms with van der Waals surface area (Å²) >= 11 is 0. The summed E-state index contributed by atoms with van der Waals surface area (Å²) in [6, 6.07) is -0.602.